The van der Waals surface area contributed by atoms with Gasteiger partial charge in [0.2, 0.25) is 5.91 Å². The topological polar surface area (TPSA) is 70.2 Å². The van der Waals surface area contributed by atoms with E-state index in [0.717, 1.165) is 12.8 Å². The van der Waals surface area contributed by atoms with Crippen molar-refractivity contribution in [3.8, 4) is 0 Å². The lowest BCUT2D eigenvalue weighted by molar-refractivity contribution is -0.121. The van der Waals surface area contributed by atoms with Crippen molar-refractivity contribution in [1.29, 1.82) is 0 Å². The number of nitrogens with one attached hydrogen (secondary N) is 3. The van der Waals surface area contributed by atoms with E-state index < -0.39 is 6.03 Å². The van der Waals surface area contributed by atoms with E-state index >= 15 is 0 Å². The number of carbonyl (C=O) groups is 2. The summed E-state index contributed by atoms with van der Waals surface area (Å²) >= 11 is 0. The van der Waals surface area contributed by atoms with E-state index in [4.69, 9.17) is 0 Å². The van der Waals surface area contributed by atoms with E-state index in [1.165, 1.54) is 7.05 Å². The number of rotatable bonds is 4. The number of hydrogen-bond acceptors (Lipinski definition) is 3. The third-order valence-electron chi connectivity index (χ3n) is 2.77. The zero-order valence-corrected chi connectivity index (χ0v) is 9.46. The third-order valence-corrected chi connectivity index (χ3v) is 2.77. The molecule has 0 aliphatic heterocycles. The lowest BCUT2D eigenvalue weighted by Crippen LogP contribution is -2.48. The molecule has 3 N–H and O–H groups in total. The largest absolute Gasteiger partial charge is 0.341 e. The first-order valence-corrected chi connectivity index (χ1v) is 5.37. The molecule has 0 radical (unpaired) electrons. The SMILES string of the molecule is CCC1CC1NC(C)C(=O)NC(=O)NC. The normalized spacial score (nSPS) is 25.5. The van der Waals surface area contributed by atoms with Gasteiger partial charge in [-0.05, 0) is 19.3 Å². The summed E-state index contributed by atoms with van der Waals surface area (Å²) in [6.45, 7) is 3.91. The van der Waals surface area contributed by atoms with Crippen molar-refractivity contribution in [3.05, 3.63) is 0 Å². The second-order valence-corrected chi connectivity index (χ2v) is 3.97. The molecule has 0 aromatic carbocycles. The van der Waals surface area contributed by atoms with Gasteiger partial charge in [-0.1, -0.05) is 13.3 Å². The molecule has 3 unspecified atom stereocenters. The quantitative estimate of drug-likeness (QED) is 0.625. The molecule has 0 heterocycles. The molecule has 86 valence electrons. The third kappa shape index (κ3) is 3.51. The van der Waals surface area contributed by atoms with Crippen LogP contribution in [0.1, 0.15) is 26.7 Å². The Morgan fingerprint density at radius 2 is 2.13 bits per heavy atom. The smallest absolute Gasteiger partial charge is 0.321 e. The van der Waals surface area contributed by atoms with E-state index in [2.05, 4.69) is 22.9 Å². The molecule has 0 saturated heterocycles. The first-order chi connectivity index (χ1) is 7.08. The average Bonchev–Trinajstić information content (AvgIpc) is 2.96. The maximum Gasteiger partial charge on any atom is 0.321 e. The van der Waals surface area contributed by atoms with Gasteiger partial charge in [-0.2, -0.15) is 0 Å². The highest BCUT2D eigenvalue weighted by atomic mass is 16.2. The van der Waals surface area contributed by atoms with E-state index in [0.29, 0.717) is 12.0 Å². The molecule has 1 aliphatic carbocycles. The highest BCUT2D eigenvalue weighted by Crippen LogP contribution is 2.33. The Bertz CT molecular complexity index is 255. The molecule has 0 aromatic heterocycles. The number of imide groups is 1. The summed E-state index contributed by atoms with van der Waals surface area (Å²) in [5.74, 6) is 0.413. The number of amides is 3. The Kier molecular flexibility index (Phi) is 4.08. The summed E-state index contributed by atoms with van der Waals surface area (Å²) in [6.07, 6.45) is 2.27. The first-order valence-electron chi connectivity index (χ1n) is 5.37. The number of carbonyl (C=O) groups excluding carboxylic acids is 2. The van der Waals surface area contributed by atoms with Crippen molar-refractivity contribution in [2.24, 2.45) is 5.92 Å². The first kappa shape index (κ1) is 12.0. The van der Waals surface area contributed by atoms with Crippen LogP contribution in [0.25, 0.3) is 0 Å². The fourth-order valence-corrected chi connectivity index (χ4v) is 1.58. The number of urea groups is 1. The minimum absolute atomic E-state index is 0.281. The van der Waals surface area contributed by atoms with Crippen molar-refractivity contribution in [2.45, 2.75) is 38.8 Å². The second-order valence-electron chi connectivity index (χ2n) is 3.97. The van der Waals surface area contributed by atoms with Crippen LogP contribution in [0.2, 0.25) is 0 Å². The van der Waals surface area contributed by atoms with Crippen LogP contribution in [-0.4, -0.2) is 31.1 Å². The highest BCUT2D eigenvalue weighted by molar-refractivity contribution is 5.96. The zero-order valence-electron chi connectivity index (χ0n) is 9.46. The van der Waals surface area contributed by atoms with Crippen molar-refractivity contribution in [1.82, 2.24) is 16.0 Å². The van der Waals surface area contributed by atoms with Crippen molar-refractivity contribution in [2.75, 3.05) is 7.05 Å². The molecule has 5 heteroatoms. The van der Waals surface area contributed by atoms with E-state index in [-0.39, 0.29) is 11.9 Å². The second kappa shape index (κ2) is 5.11. The van der Waals surface area contributed by atoms with Gasteiger partial charge >= 0.3 is 6.03 Å². The van der Waals surface area contributed by atoms with E-state index in [1.54, 1.807) is 6.92 Å². The van der Waals surface area contributed by atoms with Crippen LogP contribution in [0.5, 0.6) is 0 Å². The Balaban J connectivity index is 2.25. The van der Waals surface area contributed by atoms with Crippen LogP contribution in [0, 0.1) is 5.92 Å². The average molecular weight is 213 g/mol. The Hall–Kier alpha value is -1.10. The van der Waals surface area contributed by atoms with Crippen LogP contribution >= 0.6 is 0 Å². The van der Waals surface area contributed by atoms with Gasteiger partial charge in [0.1, 0.15) is 0 Å². The van der Waals surface area contributed by atoms with Gasteiger partial charge in [0.15, 0.2) is 0 Å². The molecule has 3 atom stereocenters. The summed E-state index contributed by atoms with van der Waals surface area (Å²) in [4.78, 5) is 22.3. The monoisotopic (exact) mass is 213 g/mol. The molecule has 1 saturated carbocycles. The Morgan fingerprint density at radius 1 is 1.47 bits per heavy atom. The maximum atomic E-state index is 11.4. The zero-order chi connectivity index (χ0) is 11.4. The lowest BCUT2D eigenvalue weighted by Gasteiger charge is -2.12. The summed E-state index contributed by atoms with van der Waals surface area (Å²) < 4.78 is 0. The van der Waals surface area contributed by atoms with Crippen LogP contribution in [0.3, 0.4) is 0 Å². The summed E-state index contributed by atoms with van der Waals surface area (Å²) in [5, 5.41) is 7.78. The molecule has 1 fully saturated rings. The van der Waals surface area contributed by atoms with Gasteiger partial charge < -0.3 is 10.6 Å². The molecule has 1 aliphatic rings. The lowest BCUT2D eigenvalue weighted by atomic mass is 10.3. The minimum Gasteiger partial charge on any atom is -0.341 e. The Morgan fingerprint density at radius 3 is 2.60 bits per heavy atom. The van der Waals surface area contributed by atoms with Crippen molar-refractivity contribution in [3.63, 3.8) is 0 Å². The van der Waals surface area contributed by atoms with Gasteiger partial charge in [-0.25, -0.2) is 4.79 Å². The van der Waals surface area contributed by atoms with Gasteiger partial charge in [-0.3, -0.25) is 10.1 Å². The molecule has 0 bridgehead atoms. The molecule has 5 nitrogen and oxygen atoms in total. The molecular weight excluding hydrogens is 194 g/mol. The van der Waals surface area contributed by atoms with E-state index in [1.807, 2.05) is 0 Å². The van der Waals surface area contributed by atoms with Crippen LogP contribution < -0.4 is 16.0 Å². The predicted octanol–water partition coefficient (Wildman–Crippen LogP) is 0.219. The highest BCUT2D eigenvalue weighted by Gasteiger charge is 2.36. The van der Waals surface area contributed by atoms with Gasteiger partial charge in [0.05, 0.1) is 6.04 Å². The molecule has 0 spiro atoms. The van der Waals surface area contributed by atoms with Gasteiger partial charge in [-0.15, -0.1) is 0 Å². The molecule has 1 rings (SSSR count). The summed E-state index contributed by atoms with van der Waals surface area (Å²) in [5.41, 5.74) is 0. The van der Waals surface area contributed by atoms with Gasteiger partial charge in [0, 0.05) is 13.1 Å². The molecule has 0 aromatic rings. The molecular formula is C10H19N3O2. The predicted molar refractivity (Wildman–Crippen MR) is 57.4 cm³/mol. The fourth-order valence-electron chi connectivity index (χ4n) is 1.58. The maximum absolute atomic E-state index is 11.4. The van der Waals surface area contributed by atoms with Crippen LogP contribution in [-0.2, 0) is 4.79 Å². The van der Waals surface area contributed by atoms with Crippen LogP contribution in [0.4, 0.5) is 4.79 Å². The fraction of sp³-hybridized carbons (Fsp3) is 0.800. The van der Waals surface area contributed by atoms with Crippen LogP contribution in [0.15, 0.2) is 0 Å². The van der Waals surface area contributed by atoms with Crippen molar-refractivity contribution < 1.29 is 9.59 Å². The summed E-state index contributed by atoms with van der Waals surface area (Å²) in [6, 6.07) is -0.333. The minimum atomic E-state index is -0.462. The van der Waals surface area contributed by atoms with Crippen molar-refractivity contribution >= 4 is 11.9 Å². The standard InChI is InChI=1S/C10H19N3O2/c1-4-7-5-8(7)12-6(2)9(14)13-10(15)11-3/h6-8,12H,4-5H2,1-3H3,(H2,11,13,14,15). The molecule has 3 amide bonds. The van der Waals surface area contributed by atoms with E-state index in [9.17, 15) is 9.59 Å². The molecule has 15 heavy (non-hydrogen) atoms. The summed E-state index contributed by atoms with van der Waals surface area (Å²) in [7, 11) is 1.48. The van der Waals surface area contributed by atoms with Gasteiger partial charge in [0.25, 0.3) is 0 Å². The Labute approximate surface area is 90.0 Å². The number of hydrogen-bond donors (Lipinski definition) is 3.